The summed E-state index contributed by atoms with van der Waals surface area (Å²) < 4.78 is 5.34. The molecule has 0 bridgehead atoms. The molecular weight excluding hydrogens is 182 g/mol. The van der Waals surface area contributed by atoms with Crippen LogP contribution in [-0.2, 0) is 6.54 Å². The molecule has 78 valence electrons. The molecule has 5 heteroatoms. The molecule has 0 aromatic carbocycles. The van der Waals surface area contributed by atoms with Gasteiger partial charge in [0, 0.05) is 13.1 Å². The Balaban J connectivity index is 2.07. The van der Waals surface area contributed by atoms with Crippen LogP contribution in [0.1, 0.15) is 11.5 Å². The van der Waals surface area contributed by atoms with Crippen molar-refractivity contribution in [1.82, 2.24) is 10.6 Å². The number of aryl methyl sites for hydroxylation is 1. The van der Waals surface area contributed by atoms with E-state index in [2.05, 4.69) is 10.6 Å². The van der Waals surface area contributed by atoms with E-state index in [-0.39, 0.29) is 0 Å². The summed E-state index contributed by atoms with van der Waals surface area (Å²) in [4.78, 5) is 10.3. The summed E-state index contributed by atoms with van der Waals surface area (Å²) in [5, 5.41) is 5.59. The molecule has 1 aromatic heterocycles. The number of nitrogens with one attached hydrogen (secondary N) is 2. The van der Waals surface area contributed by atoms with Crippen molar-refractivity contribution in [2.45, 2.75) is 13.5 Å². The fourth-order valence-electron chi connectivity index (χ4n) is 1.07. The Morgan fingerprint density at radius 1 is 1.50 bits per heavy atom. The fraction of sp³-hybridized carbons (Fsp3) is 0.444. The Morgan fingerprint density at radius 3 is 2.86 bits per heavy atom. The van der Waals surface area contributed by atoms with Crippen molar-refractivity contribution in [3.05, 3.63) is 23.7 Å². The van der Waals surface area contributed by atoms with Gasteiger partial charge >= 0.3 is 6.03 Å². The zero-order valence-corrected chi connectivity index (χ0v) is 8.17. The number of primary amides is 1. The number of urea groups is 1. The first-order valence-corrected chi connectivity index (χ1v) is 4.48. The molecule has 0 fully saturated rings. The Labute approximate surface area is 82.7 Å². The maximum absolute atomic E-state index is 10.3. The minimum absolute atomic E-state index is 0.499. The van der Waals surface area contributed by atoms with Crippen LogP contribution in [-0.4, -0.2) is 19.1 Å². The monoisotopic (exact) mass is 197 g/mol. The molecule has 0 aliphatic heterocycles. The predicted molar refractivity (Wildman–Crippen MR) is 52.7 cm³/mol. The lowest BCUT2D eigenvalue weighted by atomic mass is 10.4. The molecule has 1 heterocycles. The minimum atomic E-state index is -0.499. The molecule has 0 atom stereocenters. The van der Waals surface area contributed by atoms with Gasteiger partial charge in [-0.15, -0.1) is 0 Å². The molecule has 2 amide bonds. The summed E-state index contributed by atoms with van der Waals surface area (Å²) in [6, 6.07) is 3.34. The van der Waals surface area contributed by atoms with Gasteiger partial charge in [0.2, 0.25) is 0 Å². The molecule has 0 aliphatic carbocycles. The first-order chi connectivity index (χ1) is 6.68. The lowest BCUT2D eigenvalue weighted by molar-refractivity contribution is 0.249. The van der Waals surface area contributed by atoms with Crippen molar-refractivity contribution >= 4 is 6.03 Å². The number of rotatable bonds is 5. The summed E-state index contributed by atoms with van der Waals surface area (Å²) in [6.45, 7) is 3.75. The van der Waals surface area contributed by atoms with Gasteiger partial charge in [0.15, 0.2) is 0 Å². The second-order valence-electron chi connectivity index (χ2n) is 2.98. The molecule has 14 heavy (non-hydrogen) atoms. The van der Waals surface area contributed by atoms with Gasteiger partial charge in [-0.1, -0.05) is 0 Å². The number of carbonyl (C=O) groups excluding carboxylic acids is 1. The smallest absolute Gasteiger partial charge is 0.312 e. The third-order valence-electron chi connectivity index (χ3n) is 1.70. The van der Waals surface area contributed by atoms with Crippen LogP contribution in [0.3, 0.4) is 0 Å². The van der Waals surface area contributed by atoms with Crippen molar-refractivity contribution in [2.75, 3.05) is 13.1 Å². The number of hydrogen-bond acceptors (Lipinski definition) is 3. The lowest BCUT2D eigenvalue weighted by Gasteiger charge is -2.02. The zero-order valence-electron chi connectivity index (χ0n) is 8.17. The maximum Gasteiger partial charge on any atom is 0.312 e. The average Bonchev–Trinajstić information content (AvgIpc) is 2.50. The lowest BCUT2D eigenvalue weighted by Crippen LogP contribution is -2.35. The Bertz CT molecular complexity index is 296. The van der Waals surface area contributed by atoms with E-state index in [4.69, 9.17) is 10.2 Å². The number of nitrogens with two attached hydrogens (primary N) is 1. The second-order valence-corrected chi connectivity index (χ2v) is 2.98. The van der Waals surface area contributed by atoms with Gasteiger partial charge in [-0.25, -0.2) is 4.79 Å². The van der Waals surface area contributed by atoms with Crippen molar-refractivity contribution in [3.8, 4) is 0 Å². The highest BCUT2D eigenvalue weighted by Crippen LogP contribution is 2.04. The van der Waals surface area contributed by atoms with Gasteiger partial charge in [0.25, 0.3) is 0 Å². The molecule has 1 aromatic rings. The predicted octanol–water partition coefficient (Wildman–Crippen LogP) is 0.346. The number of furan rings is 1. The van der Waals surface area contributed by atoms with Crippen molar-refractivity contribution in [2.24, 2.45) is 5.73 Å². The van der Waals surface area contributed by atoms with Gasteiger partial charge in [0.1, 0.15) is 11.5 Å². The molecule has 5 nitrogen and oxygen atoms in total. The van der Waals surface area contributed by atoms with Gasteiger partial charge < -0.3 is 20.8 Å². The van der Waals surface area contributed by atoms with Crippen molar-refractivity contribution in [3.63, 3.8) is 0 Å². The summed E-state index contributed by atoms with van der Waals surface area (Å²) in [5.41, 5.74) is 4.89. The summed E-state index contributed by atoms with van der Waals surface area (Å²) in [7, 11) is 0. The van der Waals surface area contributed by atoms with Crippen LogP contribution >= 0.6 is 0 Å². The first kappa shape index (κ1) is 10.6. The maximum atomic E-state index is 10.3. The highest BCUT2D eigenvalue weighted by atomic mass is 16.3. The molecule has 0 spiro atoms. The summed E-state index contributed by atoms with van der Waals surface area (Å²) in [6.07, 6.45) is 0. The van der Waals surface area contributed by atoms with Crippen LogP contribution in [0.5, 0.6) is 0 Å². The zero-order chi connectivity index (χ0) is 10.4. The SMILES string of the molecule is Cc1ccc(CNCCNC(N)=O)o1. The summed E-state index contributed by atoms with van der Waals surface area (Å²) in [5.74, 6) is 1.79. The van der Waals surface area contributed by atoms with E-state index in [0.29, 0.717) is 19.6 Å². The fourth-order valence-corrected chi connectivity index (χ4v) is 1.07. The normalized spacial score (nSPS) is 10.1. The third-order valence-corrected chi connectivity index (χ3v) is 1.70. The van der Waals surface area contributed by atoms with Crippen LogP contribution in [0.2, 0.25) is 0 Å². The van der Waals surface area contributed by atoms with E-state index in [0.717, 1.165) is 11.5 Å². The third kappa shape index (κ3) is 3.95. The van der Waals surface area contributed by atoms with E-state index in [1.165, 1.54) is 0 Å². The minimum Gasteiger partial charge on any atom is -0.465 e. The molecule has 4 N–H and O–H groups in total. The first-order valence-electron chi connectivity index (χ1n) is 4.48. The Kier molecular flexibility index (Phi) is 4.00. The quantitative estimate of drug-likeness (QED) is 0.596. The van der Waals surface area contributed by atoms with Crippen LogP contribution in [0.25, 0.3) is 0 Å². The van der Waals surface area contributed by atoms with Crippen molar-refractivity contribution in [1.29, 1.82) is 0 Å². The van der Waals surface area contributed by atoms with Gasteiger partial charge in [-0.05, 0) is 19.1 Å². The average molecular weight is 197 g/mol. The largest absolute Gasteiger partial charge is 0.465 e. The van der Waals surface area contributed by atoms with E-state index >= 15 is 0 Å². The molecule has 0 radical (unpaired) electrons. The number of hydrogen-bond donors (Lipinski definition) is 3. The van der Waals surface area contributed by atoms with E-state index in [1.54, 1.807) is 0 Å². The highest BCUT2D eigenvalue weighted by molar-refractivity contribution is 5.71. The van der Waals surface area contributed by atoms with Gasteiger partial charge in [-0.3, -0.25) is 0 Å². The van der Waals surface area contributed by atoms with Crippen LogP contribution < -0.4 is 16.4 Å². The topological polar surface area (TPSA) is 80.3 Å². The van der Waals surface area contributed by atoms with E-state index in [1.807, 2.05) is 19.1 Å². The molecule has 0 saturated heterocycles. The van der Waals surface area contributed by atoms with E-state index < -0.39 is 6.03 Å². The Hall–Kier alpha value is -1.49. The van der Waals surface area contributed by atoms with Gasteiger partial charge in [-0.2, -0.15) is 0 Å². The standard InChI is InChI=1S/C9H15N3O2/c1-7-2-3-8(14-7)6-11-4-5-12-9(10)13/h2-3,11H,4-6H2,1H3,(H3,10,12,13). The molecule has 1 rings (SSSR count). The molecule has 0 aliphatic rings. The summed E-state index contributed by atoms with van der Waals surface area (Å²) >= 11 is 0. The van der Waals surface area contributed by atoms with Gasteiger partial charge in [0.05, 0.1) is 6.54 Å². The number of carbonyl (C=O) groups is 1. The van der Waals surface area contributed by atoms with Crippen LogP contribution in [0, 0.1) is 6.92 Å². The highest BCUT2D eigenvalue weighted by Gasteiger charge is 1.97. The van der Waals surface area contributed by atoms with Crippen molar-refractivity contribution < 1.29 is 9.21 Å². The second kappa shape index (κ2) is 5.29. The number of amides is 2. The van der Waals surface area contributed by atoms with E-state index in [9.17, 15) is 4.79 Å². The van der Waals surface area contributed by atoms with Crippen LogP contribution in [0.15, 0.2) is 16.5 Å². The molecule has 0 saturated carbocycles. The van der Waals surface area contributed by atoms with Crippen LogP contribution in [0.4, 0.5) is 4.79 Å². The Morgan fingerprint density at radius 2 is 2.29 bits per heavy atom. The molecular formula is C9H15N3O2. The molecule has 0 unspecified atom stereocenters.